The zero-order valence-electron chi connectivity index (χ0n) is 9.52. The lowest BCUT2D eigenvalue weighted by Gasteiger charge is -2.20. The van der Waals surface area contributed by atoms with Crippen LogP contribution in [0.15, 0.2) is 18.2 Å². The monoisotopic (exact) mass is 236 g/mol. The lowest BCUT2D eigenvalue weighted by Crippen LogP contribution is -2.18. The zero-order valence-corrected chi connectivity index (χ0v) is 9.52. The van der Waals surface area contributed by atoms with Crippen molar-refractivity contribution >= 4 is 5.91 Å². The molecule has 5 heteroatoms. The predicted molar refractivity (Wildman–Crippen MR) is 62.8 cm³/mol. The van der Waals surface area contributed by atoms with Crippen molar-refractivity contribution in [2.24, 2.45) is 11.5 Å². The summed E-state index contributed by atoms with van der Waals surface area (Å²) in [4.78, 5) is 10.7. The van der Waals surface area contributed by atoms with Crippen LogP contribution in [-0.2, 0) is 4.79 Å². The van der Waals surface area contributed by atoms with Crippen molar-refractivity contribution in [1.82, 2.24) is 0 Å². The summed E-state index contributed by atoms with van der Waals surface area (Å²) in [6.45, 7) is 1.12. The minimum atomic E-state index is -0.335. The van der Waals surface area contributed by atoms with Crippen LogP contribution < -0.4 is 20.9 Å². The van der Waals surface area contributed by atoms with Gasteiger partial charge in [0.15, 0.2) is 11.5 Å². The van der Waals surface area contributed by atoms with E-state index in [9.17, 15) is 4.79 Å². The summed E-state index contributed by atoms with van der Waals surface area (Å²) < 4.78 is 10.9. The molecule has 0 aliphatic carbocycles. The minimum absolute atomic E-state index is 0.210. The first-order valence-corrected chi connectivity index (χ1v) is 5.60. The number of benzene rings is 1. The van der Waals surface area contributed by atoms with Crippen LogP contribution in [0.25, 0.3) is 0 Å². The van der Waals surface area contributed by atoms with Crippen LogP contribution in [0.1, 0.15) is 24.4 Å². The Morgan fingerprint density at radius 2 is 2.00 bits per heavy atom. The van der Waals surface area contributed by atoms with Gasteiger partial charge in [-0.3, -0.25) is 4.79 Å². The number of amides is 1. The number of hydrogen-bond donors (Lipinski definition) is 2. The van der Waals surface area contributed by atoms with Gasteiger partial charge in [0.2, 0.25) is 5.91 Å². The number of carbonyl (C=O) groups is 1. The molecule has 1 amide bonds. The van der Waals surface area contributed by atoms with Gasteiger partial charge in [0.05, 0.1) is 0 Å². The standard InChI is InChI=1S/C12H16N2O3/c13-9(2-4-12(14)15)8-1-3-10-11(7-8)17-6-5-16-10/h1,3,7,9H,2,4-6,13H2,(H2,14,15). The second-order valence-electron chi connectivity index (χ2n) is 4.01. The maximum atomic E-state index is 10.7. The maximum Gasteiger partial charge on any atom is 0.217 e. The van der Waals surface area contributed by atoms with Gasteiger partial charge in [-0.05, 0) is 24.1 Å². The highest BCUT2D eigenvalue weighted by atomic mass is 16.6. The highest BCUT2D eigenvalue weighted by molar-refractivity contribution is 5.73. The Hall–Kier alpha value is -1.75. The largest absolute Gasteiger partial charge is 0.486 e. The number of fused-ring (bicyclic) bond motifs is 1. The first-order valence-electron chi connectivity index (χ1n) is 5.60. The van der Waals surface area contributed by atoms with Crippen molar-refractivity contribution in [3.8, 4) is 11.5 Å². The average Bonchev–Trinajstić information content (AvgIpc) is 2.35. The number of rotatable bonds is 4. The van der Waals surface area contributed by atoms with Gasteiger partial charge in [-0.25, -0.2) is 0 Å². The van der Waals surface area contributed by atoms with E-state index in [1.54, 1.807) is 0 Å². The summed E-state index contributed by atoms with van der Waals surface area (Å²) in [5, 5.41) is 0. The Morgan fingerprint density at radius 3 is 2.71 bits per heavy atom. The summed E-state index contributed by atoms with van der Waals surface area (Å²) in [5.41, 5.74) is 12.0. The van der Waals surface area contributed by atoms with Crippen LogP contribution in [0.4, 0.5) is 0 Å². The topological polar surface area (TPSA) is 87.6 Å². The number of carbonyl (C=O) groups excluding carboxylic acids is 1. The highest BCUT2D eigenvalue weighted by Crippen LogP contribution is 2.32. The molecule has 2 rings (SSSR count). The quantitative estimate of drug-likeness (QED) is 0.806. The molecule has 92 valence electrons. The second kappa shape index (κ2) is 5.05. The number of nitrogens with two attached hydrogens (primary N) is 2. The van der Waals surface area contributed by atoms with Crippen LogP contribution in [0, 0.1) is 0 Å². The summed E-state index contributed by atoms with van der Waals surface area (Å²) in [6, 6.07) is 5.38. The molecule has 1 aliphatic heterocycles. The molecular formula is C12H16N2O3. The van der Waals surface area contributed by atoms with E-state index in [0.29, 0.717) is 25.4 Å². The van der Waals surface area contributed by atoms with Crippen molar-refractivity contribution in [3.05, 3.63) is 23.8 Å². The first kappa shape index (κ1) is 11.7. The SMILES string of the molecule is NC(=O)CCC(N)c1ccc2c(c1)OCCO2. The van der Waals surface area contributed by atoms with Crippen molar-refractivity contribution in [2.45, 2.75) is 18.9 Å². The van der Waals surface area contributed by atoms with Gasteiger partial charge in [-0.1, -0.05) is 6.07 Å². The molecule has 5 nitrogen and oxygen atoms in total. The van der Waals surface area contributed by atoms with E-state index in [2.05, 4.69) is 0 Å². The molecule has 1 aromatic rings. The number of hydrogen-bond acceptors (Lipinski definition) is 4. The lowest BCUT2D eigenvalue weighted by molar-refractivity contribution is -0.118. The Kier molecular flexibility index (Phi) is 3.49. The van der Waals surface area contributed by atoms with Crippen molar-refractivity contribution < 1.29 is 14.3 Å². The summed E-state index contributed by atoms with van der Waals surface area (Å²) in [7, 11) is 0. The molecule has 1 aliphatic rings. The van der Waals surface area contributed by atoms with Crippen LogP contribution in [-0.4, -0.2) is 19.1 Å². The Bertz CT molecular complexity index is 420. The van der Waals surface area contributed by atoms with Gasteiger partial charge in [-0.15, -0.1) is 0 Å². The molecule has 1 heterocycles. The zero-order chi connectivity index (χ0) is 12.3. The Labute approximate surface area is 99.7 Å². The van der Waals surface area contributed by atoms with Crippen LogP contribution in [0.3, 0.4) is 0 Å². The van der Waals surface area contributed by atoms with Gasteiger partial charge in [0, 0.05) is 12.5 Å². The minimum Gasteiger partial charge on any atom is -0.486 e. The number of primary amides is 1. The summed E-state index contributed by atoms with van der Waals surface area (Å²) in [5.74, 6) is 1.11. The van der Waals surface area contributed by atoms with Gasteiger partial charge in [0.1, 0.15) is 13.2 Å². The van der Waals surface area contributed by atoms with E-state index in [-0.39, 0.29) is 18.4 Å². The summed E-state index contributed by atoms with van der Waals surface area (Å²) in [6.07, 6.45) is 0.824. The van der Waals surface area contributed by atoms with Gasteiger partial charge in [-0.2, -0.15) is 0 Å². The molecular weight excluding hydrogens is 220 g/mol. The molecule has 0 aromatic heterocycles. The highest BCUT2D eigenvalue weighted by Gasteiger charge is 2.14. The van der Waals surface area contributed by atoms with Crippen LogP contribution in [0.2, 0.25) is 0 Å². The van der Waals surface area contributed by atoms with Crippen LogP contribution >= 0.6 is 0 Å². The molecule has 0 bridgehead atoms. The first-order chi connectivity index (χ1) is 8.16. The fraction of sp³-hybridized carbons (Fsp3) is 0.417. The van der Waals surface area contributed by atoms with E-state index >= 15 is 0 Å². The maximum absolute atomic E-state index is 10.7. The van der Waals surface area contributed by atoms with Gasteiger partial charge in [0.25, 0.3) is 0 Å². The third kappa shape index (κ3) is 2.88. The molecule has 0 saturated carbocycles. The second-order valence-corrected chi connectivity index (χ2v) is 4.01. The van der Waals surface area contributed by atoms with Gasteiger partial charge >= 0.3 is 0 Å². The fourth-order valence-electron chi connectivity index (χ4n) is 1.76. The van der Waals surface area contributed by atoms with E-state index < -0.39 is 0 Å². The van der Waals surface area contributed by atoms with E-state index in [1.807, 2.05) is 18.2 Å². The smallest absolute Gasteiger partial charge is 0.217 e. The summed E-state index contributed by atoms with van der Waals surface area (Å²) >= 11 is 0. The predicted octanol–water partition coefficient (Wildman–Crippen LogP) is 0.723. The third-order valence-electron chi connectivity index (χ3n) is 2.70. The molecule has 1 unspecified atom stereocenters. The van der Waals surface area contributed by atoms with E-state index in [1.165, 1.54) is 0 Å². The number of ether oxygens (including phenoxy) is 2. The molecule has 0 radical (unpaired) electrons. The molecule has 1 atom stereocenters. The van der Waals surface area contributed by atoms with Crippen LogP contribution in [0.5, 0.6) is 11.5 Å². The van der Waals surface area contributed by atoms with Crippen molar-refractivity contribution in [3.63, 3.8) is 0 Å². The Morgan fingerprint density at radius 1 is 1.29 bits per heavy atom. The third-order valence-corrected chi connectivity index (χ3v) is 2.70. The van der Waals surface area contributed by atoms with Gasteiger partial charge < -0.3 is 20.9 Å². The lowest BCUT2D eigenvalue weighted by atomic mass is 10.0. The molecule has 4 N–H and O–H groups in total. The normalized spacial score (nSPS) is 15.4. The molecule has 0 spiro atoms. The van der Waals surface area contributed by atoms with E-state index in [0.717, 1.165) is 11.3 Å². The molecule has 17 heavy (non-hydrogen) atoms. The molecule has 0 fully saturated rings. The fourth-order valence-corrected chi connectivity index (χ4v) is 1.76. The van der Waals surface area contributed by atoms with E-state index in [4.69, 9.17) is 20.9 Å². The van der Waals surface area contributed by atoms with Crippen molar-refractivity contribution in [2.75, 3.05) is 13.2 Å². The Balaban J connectivity index is 2.08. The average molecular weight is 236 g/mol. The van der Waals surface area contributed by atoms with Crippen molar-refractivity contribution in [1.29, 1.82) is 0 Å². The molecule has 1 aromatic carbocycles. The molecule has 0 saturated heterocycles.